The van der Waals surface area contributed by atoms with Gasteiger partial charge in [0, 0.05) is 6.54 Å². The second kappa shape index (κ2) is 7.18. The Labute approximate surface area is 123 Å². The van der Waals surface area contributed by atoms with Gasteiger partial charge in [-0.3, -0.25) is 0 Å². The van der Waals surface area contributed by atoms with Crippen LogP contribution in [0.3, 0.4) is 0 Å². The zero-order valence-corrected chi connectivity index (χ0v) is 12.2. The normalized spacial score (nSPS) is 10.7. The van der Waals surface area contributed by atoms with Gasteiger partial charge in [0.2, 0.25) is 0 Å². The van der Waals surface area contributed by atoms with Crippen molar-refractivity contribution < 1.29 is 13.5 Å². The van der Waals surface area contributed by atoms with Gasteiger partial charge in [0.05, 0.1) is 0 Å². The van der Waals surface area contributed by atoms with E-state index in [1.165, 1.54) is 12.1 Å². The van der Waals surface area contributed by atoms with E-state index in [0.29, 0.717) is 12.1 Å². The Hall–Kier alpha value is -1.94. The van der Waals surface area contributed by atoms with E-state index in [2.05, 4.69) is 5.32 Å². The minimum atomic E-state index is -0.670. The molecule has 0 radical (unpaired) electrons. The van der Waals surface area contributed by atoms with Crippen LogP contribution in [0.25, 0.3) is 0 Å². The maximum atomic E-state index is 13.9. The molecule has 2 aromatic rings. The molecule has 0 aromatic heterocycles. The third-order valence-electron chi connectivity index (χ3n) is 3.27. The molecule has 0 heterocycles. The quantitative estimate of drug-likeness (QED) is 0.869. The minimum absolute atomic E-state index is 0.146. The molecule has 0 bridgehead atoms. The fourth-order valence-electron chi connectivity index (χ4n) is 2.04. The van der Waals surface area contributed by atoms with Gasteiger partial charge in [-0.25, -0.2) is 8.78 Å². The first-order valence-electron chi connectivity index (χ1n) is 6.97. The molecule has 0 aliphatic heterocycles. The lowest BCUT2D eigenvalue weighted by atomic mass is 10.1. The number of hydrogen-bond acceptors (Lipinski definition) is 2. The molecule has 112 valence electrons. The van der Waals surface area contributed by atoms with Crippen molar-refractivity contribution in [2.75, 3.05) is 6.54 Å². The summed E-state index contributed by atoms with van der Waals surface area (Å²) in [6, 6.07) is 10.2. The van der Waals surface area contributed by atoms with Crippen molar-refractivity contribution in [2.24, 2.45) is 0 Å². The van der Waals surface area contributed by atoms with E-state index in [1.54, 1.807) is 0 Å². The molecule has 21 heavy (non-hydrogen) atoms. The van der Waals surface area contributed by atoms with Crippen LogP contribution >= 0.6 is 0 Å². The Morgan fingerprint density at radius 2 is 1.76 bits per heavy atom. The number of nitrogens with one attached hydrogen (secondary N) is 1. The van der Waals surface area contributed by atoms with Gasteiger partial charge in [-0.15, -0.1) is 0 Å². The maximum absolute atomic E-state index is 13.9. The van der Waals surface area contributed by atoms with E-state index in [9.17, 15) is 8.78 Å². The lowest BCUT2D eigenvalue weighted by molar-refractivity contribution is 0.273. The summed E-state index contributed by atoms with van der Waals surface area (Å²) in [5.74, 6) is -1.66. The summed E-state index contributed by atoms with van der Waals surface area (Å²) >= 11 is 0. The highest BCUT2D eigenvalue weighted by atomic mass is 19.1. The molecule has 4 heteroatoms. The van der Waals surface area contributed by atoms with Crippen LogP contribution in [-0.2, 0) is 13.2 Å². The fourth-order valence-corrected chi connectivity index (χ4v) is 2.04. The molecule has 2 rings (SSSR count). The Kier molecular flexibility index (Phi) is 5.28. The lowest BCUT2D eigenvalue weighted by Crippen LogP contribution is -2.12. The third kappa shape index (κ3) is 4.02. The van der Waals surface area contributed by atoms with Crippen molar-refractivity contribution >= 4 is 0 Å². The summed E-state index contributed by atoms with van der Waals surface area (Å²) in [6.45, 7) is 5.20. The molecule has 0 aliphatic rings. The molecular weight excluding hydrogens is 272 g/mol. The van der Waals surface area contributed by atoms with Crippen LogP contribution in [0.5, 0.6) is 5.75 Å². The number of benzene rings is 2. The van der Waals surface area contributed by atoms with Crippen LogP contribution in [0.4, 0.5) is 8.78 Å². The molecule has 0 unspecified atom stereocenters. The van der Waals surface area contributed by atoms with Crippen LogP contribution in [0.1, 0.15) is 23.6 Å². The van der Waals surface area contributed by atoms with Crippen molar-refractivity contribution in [3.8, 4) is 5.75 Å². The fraction of sp³-hybridized carbons (Fsp3) is 0.294. The Morgan fingerprint density at radius 1 is 1.10 bits per heavy atom. The second-order valence-electron chi connectivity index (χ2n) is 4.88. The first kappa shape index (κ1) is 15.4. The van der Waals surface area contributed by atoms with Gasteiger partial charge in [-0.2, -0.15) is 0 Å². The summed E-state index contributed by atoms with van der Waals surface area (Å²) in [4.78, 5) is 0. The molecular formula is C17H19F2NO. The number of hydrogen-bond donors (Lipinski definition) is 1. The lowest BCUT2D eigenvalue weighted by Gasteiger charge is -2.11. The van der Waals surface area contributed by atoms with Gasteiger partial charge in [-0.05, 0) is 42.3 Å². The molecule has 0 saturated carbocycles. The average Bonchev–Trinajstić information content (AvgIpc) is 2.46. The van der Waals surface area contributed by atoms with E-state index in [0.717, 1.165) is 17.7 Å². The summed E-state index contributed by atoms with van der Waals surface area (Å²) < 4.78 is 33.2. The van der Waals surface area contributed by atoms with Crippen LogP contribution in [0.2, 0.25) is 0 Å². The first-order chi connectivity index (χ1) is 10.1. The number of ether oxygens (including phenoxy) is 1. The van der Waals surface area contributed by atoms with Crippen molar-refractivity contribution in [2.45, 2.75) is 27.0 Å². The Bertz CT molecular complexity index is 590. The van der Waals surface area contributed by atoms with E-state index < -0.39 is 11.6 Å². The van der Waals surface area contributed by atoms with Crippen LogP contribution in [-0.4, -0.2) is 6.54 Å². The van der Waals surface area contributed by atoms with Gasteiger partial charge in [0.1, 0.15) is 6.61 Å². The SMILES string of the molecule is CCNCc1cc(F)c(OCc2ccccc2C)c(F)c1. The molecule has 2 nitrogen and oxygen atoms in total. The molecule has 0 amide bonds. The van der Waals surface area contributed by atoms with Crippen molar-refractivity contribution in [1.82, 2.24) is 5.32 Å². The predicted octanol–water partition coefficient (Wildman–Crippen LogP) is 3.96. The van der Waals surface area contributed by atoms with Crippen LogP contribution < -0.4 is 10.1 Å². The highest BCUT2D eigenvalue weighted by molar-refractivity contribution is 5.32. The zero-order chi connectivity index (χ0) is 15.2. The standard InChI is InChI=1S/C17H19F2NO/c1-3-20-10-13-8-15(18)17(16(19)9-13)21-11-14-7-5-4-6-12(14)2/h4-9,20H,3,10-11H2,1-2H3. The summed E-state index contributed by atoms with van der Waals surface area (Å²) in [6.07, 6.45) is 0. The van der Waals surface area contributed by atoms with E-state index >= 15 is 0 Å². The molecule has 0 saturated heterocycles. The number of halogens is 2. The zero-order valence-electron chi connectivity index (χ0n) is 12.2. The average molecular weight is 291 g/mol. The van der Waals surface area contributed by atoms with Gasteiger partial charge in [0.15, 0.2) is 17.4 Å². The summed E-state index contributed by atoms with van der Waals surface area (Å²) in [5, 5.41) is 3.03. The first-order valence-corrected chi connectivity index (χ1v) is 6.97. The number of rotatable bonds is 6. The highest BCUT2D eigenvalue weighted by Gasteiger charge is 2.13. The molecule has 2 aromatic carbocycles. The van der Waals surface area contributed by atoms with Crippen molar-refractivity contribution in [3.05, 3.63) is 64.7 Å². The topological polar surface area (TPSA) is 21.3 Å². The number of aryl methyl sites for hydroxylation is 1. The third-order valence-corrected chi connectivity index (χ3v) is 3.27. The van der Waals surface area contributed by atoms with Crippen LogP contribution in [0.15, 0.2) is 36.4 Å². The van der Waals surface area contributed by atoms with Crippen LogP contribution in [0, 0.1) is 18.6 Å². The monoisotopic (exact) mass is 291 g/mol. The van der Waals surface area contributed by atoms with Gasteiger partial charge < -0.3 is 10.1 Å². The second-order valence-corrected chi connectivity index (χ2v) is 4.88. The molecule has 1 N–H and O–H groups in total. The van der Waals surface area contributed by atoms with Crippen molar-refractivity contribution in [1.29, 1.82) is 0 Å². The van der Waals surface area contributed by atoms with E-state index in [4.69, 9.17) is 4.74 Å². The molecule has 0 atom stereocenters. The van der Waals surface area contributed by atoms with Gasteiger partial charge in [-0.1, -0.05) is 31.2 Å². The Morgan fingerprint density at radius 3 is 2.38 bits per heavy atom. The van der Waals surface area contributed by atoms with E-state index in [-0.39, 0.29) is 12.4 Å². The van der Waals surface area contributed by atoms with Crippen molar-refractivity contribution in [3.63, 3.8) is 0 Å². The smallest absolute Gasteiger partial charge is 0.191 e. The Balaban J connectivity index is 2.12. The van der Waals surface area contributed by atoms with Gasteiger partial charge >= 0.3 is 0 Å². The largest absolute Gasteiger partial charge is 0.483 e. The van der Waals surface area contributed by atoms with Gasteiger partial charge in [0.25, 0.3) is 0 Å². The van der Waals surface area contributed by atoms with E-state index in [1.807, 2.05) is 38.1 Å². The molecule has 0 spiro atoms. The summed E-state index contributed by atoms with van der Waals surface area (Å²) in [5.41, 5.74) is 2.50. The molecule has 0 aliphatic carbocycles. The maximum Gasteiger partial charge on any atom is 0.191 e. The predicted molar refractivity (Wildman–Crippen MR) is 79.2 cm³/mol. The minimum Gasteiger partial charge on any atom is -0.483 e. The molecule has 0 fully saturated rings. The summed E-state index contributed by atoms with van der Waals surface area (Å²) in [7, 11) is 0. The highest BCUT2D eigenvalue weighted by Crippen LogP contribution is 2.24.